The van der Waals surface area contributed by atoms with Crippen LogP contribution in [0.4, 0.5) is 4.39 Å². The number of unbranched alkanes of at least 4 members (excludes halogenated alkanes) is 1. The van der Waals surface area contributed by atoms with Gasteiger partial charge in [0.05, 0.1) is 5.56 Å². The van der Waals surface area contributed by atoms with Gasteiger partial charge in [-0.3, -0.25) is 0 Å². The van der Waals surface area contributed by atoms with E-state index in [0.29, 0.717) is 5.56 Å². The van der Waals surface area contributed by atoms with E-state index in [1.165, 1.54) is 23.3 Å². The van der Waals surface area contributed by atoms with Crippen molar-refractivity contribution in [2.24, 2.45) is 0 Å². The van der Waals surface area contributed by atoms with Crippen molar-refractivity contribution in [2.75, 3.05) is 5.75 Å². The van der Waals surface area contributed by atoms with E-state index in [0.717, 1.165) is 40.8 Å². The zero-order valence-corrected chi connectivity index (χ0v) is 18.9. The summed E-state index contributed by atoms with van der Waals surface area (Å²) < 4.78 is 14.8. The van der Waals surface area contributed by atoms with Gasteiger partial charge in [0.2, 0.25) is 0 Å². The molecule has 0 heterocycles. The smallest absolute Gasteiger partial charge is 0.139 e. The molecule has 0 unspecified atom stereocenters. The van der Waals surface area contributed by atoms with Crippen molar-refractivity contribution in [3.05, 3.63) is 88.7 Å². The Hall–Kier alpha value is -2.50. The van der Waals surface area contributed by atoms with Crippen LogP contribution in [0.15, 0.2) is 65.6 Å². The minimum atomic E-state index is -0.262. The van der Waals surface area contributed by atoms with Crippen molar-refractivity contribution >= 4 is 11.8 Å². The van der Waals surface area contributed by atoms with Gasteiger partial charge in [-0.05, 0) is 84.2 Å². The topological polar surface area (TPSA) is 0 Å². The maximum absolute atomic E-state index is 14.8. The summed E-state index contributed by atoms with van der Waals surface area (Å²) in [6, 6.07) is 20.2. The van der Waals surface area contributed by atoms with E-state index < -0.39 is 0 Å². The molecule has 3 aromatic carbocycles. The molecule has 0 aliphatic rings. The van der Waals surface area contributed by atoms with Crippen LogP contribution >= 0.6 is 11.8 Å². The van der Waals surface area contributed by atoms with Crippen molar-refractivity contribution in [2.45, 2.75) is 51.3 Å². The molecule has 154 valence electrons. The van der Waals surface area contributed by atoms with Gasteiger partial charge in [-0.1, -0.05) is 62.8 Å². The van der Waals surface area contributed by atoms with E-state index in [-0.39, 0.29) is 5.82 Å². The molecule has 0 aliphatic carbocycles. The normalized spacial score (nSPS) is 10.5. The summed E-state index contributed by atoms with van der Waals surface area (Å²) in [4.78, 5) is 1.26. The molecule has 3 rings (SSSR count). The molecule has 3 aromatic rings. The van der Waals surface area contributed by atoms with Gasteiger partial charge in [-0.15, -0.1) is 11.8 Å². The van der Waals surface area contributed by atoms with Crippen LogP contribution in [0.2, 0.25) is 0 Å². The molecule has 0 N–H and O–H groups in total. The molecule has 30 heavy (non-hydrogen) atoms. The summed E-state index contributed by atoms with van der Waals surface area (Å²) in [6.07, 6.45) is 4.63. The SMILES string of the molecule is CCCCSc1ccc(C#Cc2c(C)cc(-c3ccc(CCC)cc3)cc2F)cc1. The molecule has 0 nitrogen and oxygen atoms in total. The van der Waals surface area contributed by atoms with Crippen LogP contribution in [-0.2, 0) is 6.42 Å². The van der Waals surface area contributed by atoms with Gasteiger partial charge in [-0.2, -0.15) is 0 Å². The monoisotopic (exact) mass is 416 g/mol. The van der Waals surface area contributed by atoms with Crippen molar-refractivity contribution in [3.8, 4) is 23.0 Å². The Morgan fingerprint density at radius 2 is 1.57 bits per heavy atom. The molecule has 0 amide bonds. The van der Waals surface area contributed by atoms with Gasteiger partial charge in [0.15, 0.2) is 0 Å². The van der Waals surface area contributed by atoms with Crippen molar-refractivity contribution in [1.29, 1.82) is 0 Å². The number of hydrogen-bond acceptors (Lipinski definition) is 1. The average Bonchev–Trinajstić information content (AvgIpc) is 2.75. The fraction of sp³-hybridized carbons (Fsp3) is 0.286. The average molecular weight is 417 g/mol. The van der Waals surface area contributed by atoms with E-state index in [1.54, 1.807) is 6.07 Å². The van der Waals surface area contributed by atoms with Crippen molar-refractivity contribution in [3.63, 3.8) is 0 Å². The molecule has 0 saturated carbocycles. The zero-order valence-electron chi connectivity index (χ0n) is 18.1. The third-order valence-electron chi connectivity index (χ3n) is 5.07. The maximum Gasteiger partial charge on any atom is 0.139 e. The standard InChI is InChI=1S/C28H29FS/c1-4-6-18-30-26-15-10-23(11-16-26)12-17-27-21(3)19-25(20-28(27)29)24-13-8-22(7-5-2)9-14-24/h8-11,13-16,19-20H,4-7,18H2,1-3H3. The largest absolute Gasteiger partial charge is 0.206 e. The molecule has 0 aromatic heterocycles. The van der Waals surface area contributed by atoms with E-state index >= 15 is 0 Å². The number of hydrogen-bond donors (Lipinski definition) is 0. The fourth-order valence-corrected chi connectivity index (χ4v) is 4.32. The summed E-state index contributed by atoms with van der Waals surface area (Å²) in [6.45, 7) is 6.30. The molecule has 0 spiro atoms. The quantitative estimate of drug-likeness (QED) is 0.213. The van der Waals surface area contributed by atoms with Gasteiger partial charge in [0.1, 0.15) is 5.82 Å². The van der Waals surface area contributed by atoms with Crippen LogP contribution in [0.25, 0.3) is 11.1 Å². The van der Waals surface area contributed by atoms with E-state index in [4.69, 9.17) is 0 Å². The number of benzene rings is 3. The van der Waals surface area contributed by atoms with Crippen molar-refractivity contribution < 1.29 is 4.39 Å². The van der Waals surface area contributed by atoms with Crippen LogP contribution < -0.4 is 0 Å². The van der Waals surface area contributed by atoms with Crippen LogP contribution in [0.3, 0.4) is 0 Å². The Kier molecular flexibility index (Phi) is 8.17. The lowest BCUT2D eigenvalue weighted by atomic mass is 9.98. The number of halogens is 1. The van der Waals surface area contributed by atoms with Crippen LogP contribution in [-0.4, -0.2) is 5.75 Å². The Labute approximate surface area is 184 Å². The lowest BCUT2D eigenvalue weighted by Gasteiger charge is -2.08. The lowest BCUT2D eigenvalue weighted by molar-refractivity contribution is 0.623. The molecule has 2 heteroatoms. The van der Waals surface area contributed by atoms with Gasteiger partial charge in [0.25, 0.3) is 0 Å². The fourth-order valence-electron chi connectivity index (χ4n) is 3.33. The minimum absolute atomic E-state index is 0.262. The highest BCUT2D eigenvalue weighted by Crippen LogP contribution is 2.25. The maximum atomic E-state index is 14.8. The summed E-state index contributed by atoms with van der Waals surface area (Å²) in [5.74, 6) is 7.04. The van der Waals surface area contributed by atoms with Crippen molar-refractivity contribution in [1.82, 2.24) is 0 Å². The van der Waals surface area contributed by atoms with E-state index in [9.17, 15) is 4.39 Å². The van der Waals surface area contributed by atoms with Crippen LogP contribution in [0.5, 0.6) is 0 Å². The molecule has 0 saturated heterocycles. The second-order valence-electron chi connectivity index (χ2n) is 7.57. The highest BCUT2D eigenvalue weighted by Gasteiger charge is 2.08. The number of aryl methyl sites for hydroxylation is 2. The zero-order chi connectivity index (χ0) is 21.3. The first kappa shape index (κ1) is 22.2. The molecule has 0 radical (unpaired) electrons. The minimum Gasteiger partial charge on any atom is -0.206 e. The van der Waals surface area contributed by atoms with Gasteiger partial charge < -0.3 is 0 Å². The Bertz CT molecular complexity index is 998. The lowest BCUT2D eigenvalue weighted by Crippen LogP contribution is -1.92. The van der Waals surface area contributed by atoms with Gasteiger partial charge >= 0.3 is 0 Å². The first-order valence-electron chi connectivity index (χ1n) is 10.7. The Morgan fingerprint density at radius 3 is 2.20 bits per heavy atom. The predicted octanol–water partition coefficient (Wildman–Crippen LogP) is 8.05. The van der Waals surface area contributed by atoms with Crippen LogP contribution in [0, 0.1) is 24.6 Å². The summed E-state index contributed by atoms with van der Waals surface area (Å²) in [5, 5.41) is 0. The summed E-state index contributed by atoms with van der Waals surface area (Å²) >= 11 is 1.87. The first-order chi connectivity index (χ1) is 14.6. The van der Waals surface area contributed by atoms with E-state index in [2.05, 4.69) is 62.1 Å². The predicted molar refractivity (Wildman–Crippen MR) is 129 cm³/mol. The molecule has 0 bridgehead atoms. The van der Waals surface area contributed by atoms with Gasteiger partial charge in [-0.25, -0.2) is 4.39 Å². The third kappa shape index (κ3) is 6.00. The molecular formula is C28H29FS. The van der Waals surface area contributed by atoms with Crippen LogP contribution in [0.1, 0.15) is 55.4 Å². The van der Waals surface area contributed by atoms with Gasteiger partial charge in [0, 0.05) is 10.5 Å². The third-order valence-corrected chi connectivity index (χ3v) is 6.16. The Balaban J connectivity index is 1.76. The summed E-state index contributed by atoms with van der Waals surface area (Å²) in [7, 11) is 0. The first-order valence-corrected chi connectivity index (χ1v) is 11.7. The summed E-state index contributed by atoms with van der Waals surface area (Å²) in [5.41, 5.74) is 5.49. The highest BCUT2D eigenvalue weighted by molar-refractivity contribution is 7.99. The van der Waals surface area contributed by atoms with E-state index in [1.807, 2.05) is 36.9 Å². The molecule has 0 aliphatic heterocycles. The molecular weight excluding hydrogens is 387 g/mol. The number of thioether (sulfide) groups is 1. The second kappa shape index (κ2) is 11.0. The molecule has 0 fully saturated rings. The Morgan fingerprint density at radius 1 is 0.833 bits per heavy atom. The number of rotatable bonds is 7. The highest BCUT2D eigenvalue weighted by atomic mass is 32.2. The molecule has 0 atom stereocenters. The second-order valence-corrected chi connectivity index (χ2v) is 8.74.